The molecule has 4 heterocycles. The maximum Gasteiger partial charge on any atom is 0.252 e. The van der Waals surface area contributed by atoms with Gasteiger partial charge in [-0.1, -0.05) is 23.5 Å². The fourth-order valence-electron chi connectivity index (χ4n) is 3.52. The van der Waals surface area contributed by atoms with Crippen LogP contribution in [0.1, 0.15) is 30.2 Å². The Kier molecular flexibility index (Phi) is 5.32. The van der Waals surface area contributed by atoms with Gasteiger partial charge in [-0.15, -0.1) is 0 Å². The minimum Gasteiger partial charge on any atom is -0.463 e. The lowest BCUT2D eigenvalue weighted by Crippen LogP contribution is -2.29. The summed E-state index contributed by atoms with van der Waals surface area (Å²) in [6.07, 6.45) is 3.29. The van der Waals surface area contributed by atoms with Gasteiger partial charge in [0.1, 0.15) is 5.69 Å². The molecule has 0 aliphatic rings. The van der Waals surface area contributed by atoms with Gasteiger partial charge in [0.05, 0.1) is 33.6 Å². The molecule has 0 aliphatic heterocycles. The molecule has 0 atom stereocenters. The van der Waals surface area contributed by atoms with Gasteiger partial charge in [0.25, 0.3) is 5.91 Å². The van der Waals surface area contributed by atoms with Crippen molar-refractivity contribution in [2.24, 2.45) is 0 Å². The largest absolute Gasteiger partial charge is 0.463 e. The molecular weight excluding hydrogens is 424 g/mol. The maximum atomic E-state index is 13.1. The first-order valence-electron chi connectivity index (χ1n) is 10.4. The number of anilines is 1. The first-order chi connectivity index (χ1) is 15.6. The number of hydrogen-bond donors (Lipinski definition) is 2. The average Bonchev–Trinajstić information content (AvgIpc) is 3.54. The third-order valence-electron chi connectivity index (χ3n) is 5.05. The predicted octanol–water partition coefficient (Wildman–Crippen LogP) is 4.72. The zero-order valence-corrected chi connectivity index (χ0v) is 18.5. The lowest BCUT2D eigenvalue weighted by molar-refractivity contribution is 0.0957. The second kappa shape index (κ2) is 8.43. The SMILES string of the molecule is CC(C)n1ncc2c(C(=O)NCCNc3nc4ccccc4s3)cc(-c3ccco3)nc21. The van der Waals surface area contributed by atoms with Crippen LogP contribution in [0.4, 0.5) is 5.13 Å². The van der Waals surface area contributed by atoms with Crippen molar-refractivity contribution < 1.29 is 9.21 Å². The summed E-state index contributed by atoms with van der Waals surface area (Å²) in [5, 5.41) is 12.3. The van der Waals surface area contributed by atoms with Gasteiger partial charge in [0.15, 0.2) is 16.5 Å². The molecule has 0 saturated carbocycles. The van der Waals surface area contributed by atoms with E-state index in [9.17, 15) is 4.79 Å². The first-order valence-corrected chi connectivity index (χ1v) is 11.2. The standard InChI is InChI=1S/C23H22N6O2S/c1-14(2)29-21-16(13-26-29)15(12-18(27-21)19-7-5-11-31-19)22(30)24-9-10-25-23-28-17-6-3-4-8-20(17)32-23/h3-8,11-14H,9-10H2,1-2H3,(H,24,30)(H,25,28). The van der Waals surface area contributed by atoms with Crippen LogP contribution in [-0.2, 0) is 0 Å². The summed E-state index contributed by atoms with van der Waals surface area (Å²) in [4.78, 5) is 22.3. The molecule has 1 aromatic carbocycles. The molecule has 0 aliphatic carbocycles. The number of carbonyl (C=O) groups excluding carboxylic acids is 1. The van der Waals surface area contributed by atoms with Gasteiger partial charge in [0.2, 0.25) is 0 Å². The number of amides is 1. The van der Waals surface area contributed by atoms with Crippen LogP contribution < -0.4 is 10.6 Å². The van der Waals surface area contributed by atoms with Crippen molar-refractivity contribution in [3.05, 3.63) is 60.5 Å². The third-order valence-corrected chi connectivity index (χ3v) is 6.05. The van der Waals surface area contributed by atoms with Crippen LogP contribution in [0.15, 0.2) is 59.3 Å². The van der Waals surface area contributed by atoms with Crippen LogP contribution in [-0.4, -0.2) is 38.7 Å². The van der Waals surface area contributed by atoms with Gasteiger partial charge in [-0.25, -0.2) is 14.6 Å². The van der Waals surface area contributed by atoms with Crippen molar-refractivity contribution in [1.29, 1.82) is 0 Å². The Morgan fingerprint density at radius 2 is 2.03 bits per heavy atom. The van der Waals surface area contributed by atoms with Crippen molar-refractivity contribution >= 4 is 43.6 Å². The van der Waals surface area contributed by atoms with E-state index < -0.39 is 0 Å². The summed E-state index contributed by atoms with van der Waals surface area (Å²) in [6, 6.07) is 13.5. The molecule has 9 heteroatoms. The second-order valence-corrected chi connectivity index (χ2v) is 8.65. The van der Waals surface area contributed by atoms with E-state index in [2.05, 4.69) is 20.7 Å². The molecule has 8 nitrogen and oxygen atoms in total. The van der Waals surface area contributed by atoms with Crippen LogP contribution in [0.3, 0.4) is 0 Å². The molecule has 1 amide bonds. The van der Waals surface area contributed by atoms with E-state index in [1.54, 1.807) is 35.9 Å². The van der Waals surface area contributed by atoms with Gasteiger partial charge in [-0.2, -0.15) is 5.10 Å². The molecule has 5 rings (SSSR count). The Balaban J connectivity index is 1.34. The van der Waals surface area contributed by atoms with E-state index in [-0.39, 0.29) is 11.9 Å². The lowest BCUT2D eigenvalue weighted by atomic mass is 10.1. The van der Waals surface area contributed by atoms with Crippen molar-refractivity contribution in [1.82, 2.24) is 25.1 Å². The van der Waals surface area contributed by atoms with E-state index in [0.29, 0.717) is 41.1 Å². The monoisotopic (exact) mass is 446 g/mol. The zero-order valence-electron chi connectivity index (χ0n) is 17.7. The van der Waals surface area contributed by atoms with Crippen molar-refractivity contribution in [3.63, 3.8) is 0 Å². The molecule has 32 heavy (non-hydrogen) atoms. The quantitative estimate of drug-likeness (QED) is 0.351. The van der Waals surface area contributed by atoms with Crippen molar-refractivity contribution in [3.8, 4) is 11.5 Å². The Hall–Kier alpha value is -3.72. The Morgan fingerprint density at radius 1 is 1.16 bits per heavy atom. The number of fused-ring (bicyclic) bond motifs is 2. The van der Waals surface area contributed by atoms with Gasteiger partial charge in [-0.3, -0.25) is 4.79 Å². The molecule has 0 bridgehead atoms. The second-order valence-electron chi connectivity index (χ2n) is 7.62. The number of carbonyl (C=O) groups is 1. The molecular formula is C23H22N6O2S. The van der Waals surface area contributed by atoms with Gasteiger partial charge >= 0.3 is 0 Å². The van der Waals surface area contributed by atoms with Gasteiger partial charge in [-0.05, 0) is 44.2 Å². The maximum absolute atomic E-state index is 13.1. The molecule has 0 radical (unpaired) electrons. The van der Waals surface area contributed by atoms with Gasteiger partial charge < -0.3 is 15.1 Å². The minimum absolute atomic E-state index is 0.112. The van der Waals surface area contributed by atoms with E-state index in [0.717, 1.165) is 15.3 Å². The molecule has 0 unspecified atom stereocenters. The summed E-state index contributed by atoms with van der Waals surface area (Å²) >= 11 is 1.60. The van der Waals surface area contributed by atoms with Crippen molar-refractivity contribution in [2.75, 3.05) is 18.4 Å². The molecule has 0 saturated heterocycles. The van der Waals surface area contributed by atoms with Crippen molar-refractivity contribution in [2.45, 2.75) is 19.9 Å². The highest BCUT2D eigenvalue weighted by Crippen LogP contribution is 2.27. The third kappa shape index (κ3) is 3.82. The summed E-state index contributed by atoms with van der Waals surface area (Å²) < 4.78 is 8.46. The van der Waals surface area contributed by atoms with Gasteiger partial charge in [0, 0.05) is 19.1 Å². The number of nitrogens with one attached hydrogen (secondary N) is 2. The highest BCUT2D eigenvalue weighted by molar-refractivity contribution is 7.22. The minimum atomic E-state index is -0.181. The van der Waals surface area contributed by atoms with E-state index in [1.165, 1.54) is 0 Å². The molecule has 162 valence electrons. The number of nitrogens with zero attached hydrogens (tertiary/aromatic N) is 4. The Bertz CT molecular complexity index is 1350. The summed E-state index contributed by atoms with van der Waals surface area (Å²) in [5.74, 6) is 0.426. The highest BCUT2D eigenvalue weighted by Gasteiger charge is 2.19. The fourth-order valence-corrected chi connectivity index (χ4v) is 4.41. The number of benzene rings is 1. The molecule has 2 N–H and O–H groups in total. The van der Waals surface area contributed by atoms with E-state index in [4.69, 9.17) is 9.40 Å². The lowest BCUT2D eigenvalue weighted by Gasteiger charge is -2.10. The van der Waals surface area contributed by atoms with Crippen LogP contribution in [0.2, 0.25) is 0 Å². The number of furan rings is 1. The molecule has 5 aromatic rings. The predicted molar refractivity (Wildman–Crippen MR) is 126 cm³/mol. The fraction of sp³-hybridized carbons (Fsp3) is 0.217. The Labute approximate surface area is 188 Å². The molecule has 4 aromatic heterocycles. The van der Waals surface area contributed by atoms with Crippen LogP contribution in [0, 0.1) is 0 Å². The summed E-state index contributed by atoms with van der Waals surface area (Å²) in [6.45, 7) is 5.07. The van der Waals surface area contributed by atoms with Crippen LogP contribution in [0.5, 0.6) is 0 Å². The van der Waals surface area contributed by atoms with E-state index in [1.807, 2.05) is 48.9 Å². The Morgan fingerprint density at radius 3 is 2.81 bits per heavy atom. The number of pyridine rings is 1. The van der Waals surface area contributed by atoms with E-state index >= 15 is 0 Å². The topological polar surface area (TPSA) is 97.9 Å². The number of rotatable bonds is 7. The van der Waals surface area contributed by atoms with Crippen LogP contribution >= 0.6 is 11.3 Å². The first kappa shape index (κ1) is 20.2. The molecule has 0 spiro atoms. The smallest absolute Gasteiger partial charge is 0.252 e. The summed E-state index contributed by atoms with van der Waals surface area (Å²) in [5.41, 5.74) is 2.75. The normalized spacial score (nSPS) is 11.5. The average molecular weight is 447 g/mol. The molecule has 0 fully saturated rings. The number of thiazole rings is 1. The van der Waals surface area contributed by atoms with Crippen LogP contribution in [0.25, 0.3) is 32.7 Å². The zero-order chi connectivity index (χ0) is 22.1. The number of aromatic nitrogens is 4. The number of para-hydroxylation sites is 1. The highest BCUT2D eigenvalue weighted by atomic mass is 32.1. The summed E-state index contributed by atoms with van der Waals surface area (Å²) in [7, 11) is 0. The number of hydrogen-bond acceptors (Lipinski definition) is 7.